The molecule has 5 aliphatic carbocycles. The molecule has 372 valence electrons. The number of ether oxygens (including phenoxy) is 6. The van der Waals surface area contributed by atoms with Crippen LogP contribution in [0.1, 0.15) is 106 Å². The van der Waals surface area contributed by atoms with Crippen LogP contribution in [-0.2, 0) is 33.2 Å². The van der Waals surface area contributed by atoms with Gasteiger partial charge in [0.2, 0.25) is 6.29 Å². The number of carbonyl (C=O) groups excluding carboxylic acids is 1. The number of carbonyl (C=O) groups is 1. The molecule has 0 radical (unpaired) electrons. The van der Waals surface area contributed by atoms with Crippen LogP contribution in [0.4, 0.5) is 0 Å². The second-order valence-electron chi connectivity index (χ2n) is 23.0. The minimum absolute atomic E-state index is 0.121. The van der Waals surface area contributed by atoms with Gasteiger partial charge in [-0.1, -0.05) is 60.1 Å². The van der Waals surface area contributed by atoms with Gasteiger partial charge in [0.15, 0.2) is 12.6 Å². The Morgan fingerprint density at radius 2 is 1.29 bits per heavy atom. The first-order valence-corrected chi connectivity index (χ1v) is 23.8. The molecule has 4 saturated carbocycles. The average Bonchev–Trinajstić information content (AvgIpc) is 3.25. The fraction of sp³-hybridized carbons (Fsp3) is 0.936. The van der Waals surface area contributed by atoms with Crippen molar-refractivity contribution in [1.29, 1.82) is 0 Å². The van der Waals surface area contributed by atoms with E-state index in [1.54, 1.807) is 0 Å². The zero-order valence-corrected chi connectivity index (χ0v) is 38.8. The van der Waals surface area contributed by atoms with Crippen LogP contribution < -0.4 is 0 Å². The van der Waals surface area contributed by atoms with Gasteiger partial charge in [0.1, 0.15) is 67.1 Å². The van der Waals surface area contributed by atoms with Crippen LogP contribution in [0.15, 0.2) is 11.6 Å². The van der Waals surface area contributed by atoms with Crippen molar-refractivity contribution >= 4 is 5.97 Å². The Labute approximate surface area is 380 Å². The first-order valence-electron chi connectivity index (χ1n) is 23.8. The van der Waals surface area contributed by atoms with Crippen molar-refractivity contribution in [3.63, 3.8) is 0 Å². The van der Waals surface area contributed by atoms with Crippen LogP contribution in [0.25, 0.3) is 0 Å². The predicted molar refractivity (Wildman–Crippen MR) is 226 cm³/mol. The van der Waals surface area contributed by atoms with Crippen molar-refractivity contribution in [2.24, 2.45) is 50.2 Å². The van der Waals surface area contributed by atoms with Crippen LogP contribution in [0, 0.1) is 50.2 Å². The largest absolute Gasteiger partial charge is 0.432 e. The van der Waals surface area contributed by atoms with E-state index in [1.165, 1.54) is 0 Å². The van der Waals surface area contributed by atoms with Gasteiger partial charge in [-0.2, -0.15) is 0 Å². The molecule has 3 heterocycles. The van der Waals surface area contributed by atoms with Gasteiger partial charge in [0.25, 0.3) is 0 Å². The molecule has 65 heavy (non-hydrogen) atoms. The lowest BCUT2D eigenvalue weighted by Gasteiger charge is -2.71. The quantitative estimate of drug-likeness (QED) is 0.0850. The van der Waals surface area contributed by atoms with Crippen LogP contribution in [0.2, 0.25) is 0 Å². The Hall–Kier alpha value is -1.43. The highest BCUT2D eigenvalue weighted by Gasteiger charge is 2.71. The minimum Gasteiger partial charge on any atom is -0.432 e. The maximum Gasteiger partial charge on any atom is 0.315 e. The van der Waals surface area contributed by atoms with Crippen molar-refractivity contribution in [3.8, 4) is 0 Å². The molecule has 0 aromatic rings. The third-order valence-electron chi connectivity index (χ3n) is 19.1. The Morgan fingerprint density at radius 3 is 1.97 bits per heavy atom. The number of esters is 1. The predicted octanol–water partition coefficient (Wildman–Crippen LogP) is -0.250. The highest BCUT2D eigenvalue weighted by molar-refractivity contribution is 5.79. The highest BCUT2D eigenvalue weighted by atomic mass is 16.7. The third kappa shape index (κ3) is 7.71. The lowest BCUT2D eigenvalue weighted by atomic mass is 9.33. The second-order valence-corrected chi connectivity index (χ2v) is 23.0. The molecule has 8 aliphatic rings. The van der Waals surface area contributed by atoms with Crippen molar-refractivity contribution in [3.05, 3.63) is 11.6 Å². The lowest BCUT2D eigenvalue weighted by Crippen LogP contribution is -2.67. The molecule has 7 fully saturated rings. The van der Waals surface area contributed by atoms with E-state index in [-0.39, 0.29) is 40.8 Å². The normalized spacial score (nSPS) is 53.9. The third-order valence-corrected chi connectivity index (χ3v) is 19.1. The molecule has 3 saturated heterocycles. The number of hydrogen-bond donors (Lipinski definition) is 11. The van der Waals surface area contributed by atoms with Gasteiger partial charge in [-0.05, 0) is 96.7 Å². The van der Waals surface area contributed by atoms with Gasteiger partial charge in [-0.3, -0.25) is 4.79 Å². The molecule has 0 aromatic carbocycles. The van der Waals surface area contributed by atoms with Crippen LogP contribution in [0.3, 0.4) is 0 Å². The number of aliphatic hydroxyl groups excluding tert-OH is 11. The van der Waals surface area contributed by atoms with E-state index in [0.29, 0.717) is 32.1 Å². The first kappa shape index (κ1) is 50.0. The molecular weight excluding hydrogens is 852 g/mol. The van der Waals surface area contributed by atoms with E-state index in [2.05, 4.69) is 40.7 Å². The summed E-state index contributed by atoms with van der Waals surface area (Å²) < 4.78 is 35.1. The van der Waals surface area contributed by atoms with Gasteiger partial charge in [0.05, 0.1) is 37.4 Å². The highest BCUT2D eigenvalue weighted by Crippen LogP contribution is 2.76. The van der Waals surface area contributed by atoms with Gasteiger partial charge in [-0.25, -0.2) is 0 Å². The summed E-state index contributed by atoms with van der Waals surface area (Å²) in [6.45, 7) is 14.1. The summed E-state index contributed by atoms with van der Waals surface area (Å²) in [5, 5.41) is 117. The summed E-state index contributed by atoms with van der Waals surface area (Å²) in [6.07, 6.45) is -14.5. The van der Waals surface area contributed by atoms with Crippen molar-refractivity contribution in [2.75, 3.05) is 19.8 Å². The monoisotopic (exact) mass is 929 g/mol. The fourth-order valence-corrected chi connectivity index (χ4v) is 14.6. The van der Waals surface area contributed by atoms with E-state index in [0.717, 1.165) is 31.3 Å². The number of allylic oxidation sites excluding steroid dienone is 1. The van der Waals surface area contributed by atoms with Crippen molar-refractivity contribution in [1.82, 2.24) is 0 Å². The molecule has 18 nitrogen and oxygen atoms in total. The van der Waals surface area contributed by atoms with Crippen LogP contribution in [0.5, 0.6) is 0 Å². The summed E-state index contributed by atoms with van der Waals surface area (Å²) in [5.74, 6) is -0.858. The molecule has 18 heteroatoms. The maximum absolute atomic E-state index is 15.0. The summed E-state index contributed by atoms with van der Waals surface area (Å²) in [6, 6.07) is 0. The summed E-state index contributed by atoms with van der Waals surface area (Å²) in [7, 11) is 0. The van der Waals surface area contributed by atoms with Gasteiger partial charge in [-0.15, -0.1) is 0 Å². The zero-order chi connectivity index (χ0) is 47.6. The maximum atomic E-state index is 15.0. The van der Waals surface area contributed by atoms with Gasteiger partial charge in [0, 0.05) is 5.92 Å². The molecule has 8 rings (SSSR count). The molecule has 3 aliphatic heterocycles. The molecule has 23 unspecified atom stereocenters. The molecule has 23 atom stereocenters. The number of rotatable bonds is 8. The van der Waals surface area contributed by atoms with Crippen molar-refractivity contribution < 1.29 is 89.4 Å². The summed E-state index contributed by atoms with van der Waals surface area (Å²) in [5.41, 5.74) is -1.85. The Morgan fingerprint density at radius 1 is 0.677 bits per heavy atom. The SMILES string of the molecule is CC1(C)CCC2(C(=O)OC3OC(COC4OC(CO)C(O)C(O)C4O)C(O)C(O)C3O)CCC3(C)C(=CCC4C5(C)CCC(OC6OCC(O)C(O)C6O)C(C)(C)C5CCC43C)C2C1O. The Balaban J connectivity index is 1.03. The summed E-state index contributed by atoms with van der Waals surface area (Å²) in [4.78, 5) is 15.0. The fourth-order valence-electron chi connectivity index (χ4n) is 14.6. The van der Waals surface area contributed by atoms with Gasteiger partial charge >= 0.3 is 5.97 Å². The molecule has 0 aromatic heterocycles. The van der Waals surface area contributed by atoms with E-state index in [1.807, 2.05) is 13.8 Å². The lowest BCUT2D eigenvalue weighted by molar-refractivity contribution is -0.328. The Kier molecular flexibility index (Phi) is 13.4. The number of hydrogen-bond acceptors (Lipinski definition) is 18. The number of aliphatic hydroxyl groups is 11. The second kappa shape index (κ2) is 17.5. The molecule has 0 amide bonds. The van der Waals surface area contributed by atoms with Crippen LogP contribution >= 0.6 is 0 Å². The molecule has 11 N–H and O–H groups in total. The smallest absolute Gasteiger partial charge is 0.315 e. The number of fused-ring (bicyclic) bond motifs is 7. The van der Waals surface area contributed by atoms with E-state index in [9.17, 15) is 61.0 Å². The van der Waals surface area contributed by atoms with Crippen LogP contribution in [-0.4, -0.2) is 180 Å². The standard InChI is InChI=1S/C47H76O18/c1-42(2)14-16-47(41(59)65-40-36(57)33(54)31(52)24(63-40)20-61-38-35(56)32(53)30(51)23(18-48)62-38)17-15-45(6)21(28(47)37(42)58)8-9-26-44(5)12-11-27(43(3,4)25(44)10-13-46(26,45)7)64-39-34(55)29(50)22(49)19-60-39/h8,22-40,48-58H,9-20H2,1-7H3. The van der Waals surface area contributed by atoms with E-state index < -0.39 is 133 Å². The van der Waals surface area contributed by atoms with Gasteiger partial charge < -0.3 is 84.6 Å². The summed E-state index contributed by atoms with van der Waals surface area (Å²) >= 11 is 0. The topological polar surface area (TPSA) is 295 Å². The average molecular weight is 929 g/mol. The Bertz CT molecular complexity index is 1780. The molecular formula is C47H76O18. The van der Waals surface area contributed by atoms with E-state index in [4.69, 9.17) is 28.4 Å². The zero-order valence-electron chi connectivity index (χ0n) is 38.8. The molecule has 0 spiro atoms. The first-order chi connectivity index (χ1) is 30.3. The van der Waals surface area contributed by atoms with E-state index >= 15 is 0 Å². The molecule has 0 bridgehead atoms. The van der Waals surface area contributed by atoms with Crippen molar-refractivity contribution in [2.45, 2.75) is 204 Å². The minimum atomic E-state index is -1.86.